The van der Waals surface area contributed by atoms with E-state index in [0.29, 0.717) is 24.8 Å². The van der Waals surface area contributed by atoms with E-state index >= 15 is 0 Å². The fraction of sp³-hybridized carbons (Fsp3) is 0.611. The zero-order chi connectivity index (χ0) is 16.1. The second-order valence-corrected chi connectivity index (χ2v) is 6.57. The minimum Gasteiger partial charge on any atom is -0.497 e. The predicted octanol–water partition coefficient (Wildman–Crippen LogP) is 2.46. The van der Waals surface area contributed by atoms with Crippen LogP contribution in [0.4, 0.5) is 0 Å². The van der Waals surface area contributed by atoms with Gasteiger partial charge in [-0.3, -0.25) is 4.79 Å². The molecule has 2 atom stereocenters. The number of likely N-dealkylation sites (tertiary alicyclic amines) is 1. The molecule has 0 bridgehead atoms. The molecule has 1 aromatic rings. The van der Waals surface area contributed by atoms with Gasteiger partial charge in [0.2, 0.25) is 5.91 Å². The number of rotatable bonds is 6. The third-order valence-corrected chi connectivity index (χ3v) is 4.64. The fourth-order valence-corrected chi connectivity index (χ4v) is 3.16. The minimum absolute atomic E-state index is 0.130. The van der Waals surface area contributed by atoms with Crippen LogP contribution in [0.15, 0.2) is 24.3 Å². The lowest BCUT2D eigenvalue weighted by Crippen LogP contribution is -2.33. The molecule has 0 unspecified atom stereocenters. The quantitative estimate of drug-likeness (QED) is 0.878. The van der Waals surface area contributed by atoms with Gasteiger partial charge in [0.1, 0.15) is 5.75 Å². The van der Waals surface area contributed by atoms with E-state index < -0.39 is 0 Å². The smallest absolute Gasteiger partial charge is 0.222 e. The van der Waals surface area contributed by atoms with E-state index in [9.17, 15) is 4.79 Å². The Bertz CT molecular complexity index is 484. The molecule has 2 rings (SSSR count). The summed E-state index contributed by atoms with van der Waals surface area (Å²) in [5.41, 5.74) is 7.39. The molecule has 122 valence electrons. The number of nitrogens with zero attached hydrogens (tertiary/aromatic N) is 1. The van der Waals surface area contributed by atoms with E-state index in [0.717, 1.165) is 25.1 Å². The molecule has 22 heavy (non-hydrogen) atoms. The number of hydrogen-bond donors (Lipinski definition) is 1. The fourth-order valence-electron chi connectivity index (χ4n) is 3.16. The van der Waals surface area contributed by atoms with Gasteiger partial charge in [-0.05, 0) is 42.4 Å². The summed E-state index contributed by atoms with van der Waals surface area (Å²) in [5, 5.41) is 0. The van der Waals surface area contributed by atoms with Crippen molar-refractivity contribution in [3.05, 3.63) is 29.8 Å². The van der Waals surface area contributed by atoms with Gasteiger partial charge in [0, 0.05) is 25.6 Å². The monoisotopic (exact) mass is 304 g/mol. The standard InChI is InChI=1S/C18H28N2O2/c1-13(2)16-11-20(12-17(16)19)18(21)6-4-5-14-7-9-15(22-3)10-8-14/h7-10,13,16-17H,4-6,11-12,19H2,1-3H3/t16-,17+/m1/s1. The minimum atomic E-state index is 0.130. The average molecular weight is 304 g/mol. The first kappa shape index (κ1) is 16.8. The van der Waals surface area contributed by atoms with E-state index in [2.05, 4.69) is 26.0 Å². The Labute approximate surface area is 133 Å². The van der Waals surface area contributed by atoms with Crippen molar-refractivity contribution in [2.75, 3.05) is 20.2 Å². The van der Waals surface area contributed by atoms with Crippen molar-refractivity contribution < 1.29 is 9.53 Å². The van der Waals surface area contributed by atoms with E-state index in [-0.39, 0.29) is 11.9 Å². The zero-order valence-electron chi connectivity index (χ0n) is 13.9. The second kappa shape index (κ2) is 7.63. The number of benzene rings is 1. The Morgan fingerprint density at radius 1 is 1.32 bits per heavy atom. The first-order valence-corrected chi connectivity index (χ1v) is 8.17. The molecule has 1 aliphatic heterocycles. The van der Waals surface area contributed by atoms with Gasteiger partial charge in [-0.15, -0.1) is 0 Å². The van der Waals surface area contributed by atoms with Crippen molar-refractivity contribution in [1.82, 2.24) is 4.90 Å². The molecular formula is C18H28N2O2. The number of aryl methyl sites for hydroxylation is 1. The summed E-state index contributed by atoms with van der Waals surface area (Å²) in [6.07, 6.45) is 2.40. The van der Waals surface area contributed by atoms with Gasteiger partial charge in [0.25, 0.3) is 0 Å². The van der Waals surface area contributed by atoms with E-state index in [1.54, 1.807) is 7.11 Å². The average Bonchev–Trinajstić information content (AvgIpc) is 2.90. The largest absolute Gasteiger partial charge is 0.497 e. The van der Waals surface area contributed by atoms with Crippen molar-refractivity contribution in [3.63, 3.8) is 0 Å². The molecule has 4 nitrogen and oxygen atoms in total. The molecule has 1 amide bonds. The van der Waals surface area contributed by atoms with Crippen LogP contribution in [-0.4, -0.2) is 37.0 Å². The lowest BCUT2D eigenvalue weighted by Gasteiger charge is -2.18. The summed E-state index contributed by atoms with van der Waals surface area (Å²) in [6, 6.07) is 8.17. The molecule has 0 saturated carbocycles. The van der Waals surface area contributed by atoms with Crippen LogP contribution in [0.2, 0.25) is 0 Å². The SMILES string of the molecule is COc1ccc(CCCC(=O)N2C[C@H](C(C)C)[C@@H](N)C2)cc1. The Hall–Kier alpha value is -1.55. The topological polar surface area (TPSA) is 55.6 Å². The van der Waals surface area contributed by atoms with Crippen LogP contribution in [0, 0.1) is 11.8 Å². The van der Waals surface area contributed by atoms with Crippen molar-refractivity contribution in [3.8, 4) is 5.75 Å². The Morgan fingerprint density at radius 2 is 2.00 bits per heavy atom. The third kappa shape index (κ3) is 4.23. The Kier molecular flexibility index (Phi) is 5.83. The number of nitrogens with two attached hydrogens (primary N) is 1. The maximum atomic E-state index is 12.3. The normalized spacial score (nSPS) is 21.4. The van der Waals surface area contributed by atoms with Crippen LogP contribution in [0.3, 0.4) is 0 Å². The van der Waals surface area contributed by atoms with Crippen molar-refractivity contribution in [2.24, 2.45) is 17.6 Å². The van der Waals surface area contributed by atoms with Gasteiger partial charge < -0.3 is 15.4 Å². The molecule has 1 aliphatic rings. The van der Waals surface area contributed by atoms with Gasteiger partial charge in [0.15, 0.2) is 0 Å². The van der Waals surface area contributed by atoms with Crippen LogP contribution in [0.1, 0.15) is 32.3 Å². The highest BCUT2D eigenvalue weighted by Gasteiger charge is 2.34. The number of carbonyl (C=O) groups excluding carboxylic acids is 1. The summed E-state index contributed by atoms with van der Waals surface area (Å²) < 4.78 is 5.15. The van der Waals surface area contributed by atoms with E-state index in [4.69, 9.17) is 10.5 Å². The van der Waals surface area contributed by atoms with Gasteiger partial charge in [-0.1, -0.05) is 26.0 Å². The van der Waals surface area contributed by atoms with Crippen LogP contribution < -0.4 is 10.5 Å². The lowest BCUT2D eigenvalue weighted by atomic mass is 9.92. The summed E-state index contributed by atoms with van der Waals surface area (Å²) in [5.74, 6) is 2.08. The summed E-state index contributed by atoms with van der Waals surface area (Å²) in [7, 11) is 1.67. The molecule has 0 aromatic heterocycles. The Morgan fingerprint density at radius 3 is 2.55 bits per heavy atom. The van der Waals surface area contributed by atoms with Gasteiger partial charge >= 0.3 is 0 Å². The van der Waals surface area contributed by atoms with Crippen LogP contribution in [0.5, 0.6) is 5.75 Å². The molecule has 0 spiro atoms. The van der Waals surface area contributed by atoms with Gasteiger partial charge in [-0.2, -0.15) is 0 Å². The van der Waals surface area contributed by atoms with Crippen LogP contribution in [-0.2, 0) is 11.2 Å². The Balaban J connectivity index is 1.76. The summed E-state index contributed by atoms with van der Waals surface area (Å²) >= 11 is 0. The predicted molar refractivity (Wildman–Crippen MR) is 88.8 cm³/mol. The number of ether oxygens (including phenoxy) is 1. The number of methoxy groups -OCH3 is 1. The van der Waals surface area contributed by atoms with E-state index in [1.807, 2.05) is 17.0 Å². The number of amides is 1. The number of carbonyl (C=O) groups is 1. The van der Waals surface area contributed by atoms with Crippen molar-refractivity contribution >= 4 is 5.91 Å². The maximum Gasteiger partial charge on any atom is 0.222 e. The summed E-state index contributed by atoms with van der Waals surface area (Å²) in [6.45, 7) is 5.90. The zero-order valence-corrected chi connectivity index (χ0v) is 13.9. The van der Waals surface area contributed by atoms with Crippen LogP contribution in [0.25, 0.3) is 0 Å². The molecule has 0 radical (unpaired) electrons. The van der Waals surface area contributed by atoms with Gasteiger partial charge in [-0.25, -0.2) is 0 Å². The number of hydrogen-bond acceptors (Lipinski definition) is 3. The lowest BCUT2D eigenvalue weighted by molar-refractivity contribution is -0.130. The molecule has 1 aromatic carbocycles. The van der Waals surface area contributed by atoms with Gasteiger partial charge in [0.05, 0.1) is 7.11 Å². The van der Waals surface area contributed by atoms with Crippen molar-refractivity contribution in [1.29, 1.82) is 0 Å². The molecule has 2 N–H and O–H groups in total. The molecule has 1 fully saturated rings. The van der Waals surface area contributed by atoms with Crippen molar-refractivity contribution in [2.45, 2.75) is 39.2 Å². The molecule has 0 aliphatic carbocycles. The first-order valence-electron chi connectivity index (χ1n) is 8.17. The van der Waals surface area contributed by atoms with Crippen LogP contribution >= 0.6 is 0 Å². The molecule has 4 heteroatoms. The first-order chi connectivity index (χ1) is 10.5. The molecular weight excluding hydrogens is 276 g/mol. The third-order valence-electron chi connectivity index (χ3n) is 4.64. The highest BCUT2D eigenvalue weighted by molar-refractivity contribution is 5.76. The highest BCUT2D eigenvalue weighted by atomic mass is 16.5. The maximum absolute atomic E-state index is 12.3. The summed E-state index contributed by atoms with van der Waals surface area (Å²) in [4.78, 5) is 14.2. The molecule has 1 heterocycles. The second-order valence-electron chi connectivity index (χ2n) is 6.57. The highest BCUT2D eigenvalue weighted by Crippen LogP contribution is 2.24. The van der Waals surface area contributed by atoms with E-state index in [1.165, 1.54) is 5.56 Å². The molecule has 1 saturated heterocycles.